The molecule has 0 bridgehead atoms. The Hall–Kier alpha value is -9.91. The minimum Gasteiger partial charge on any atom is -0.421 e. The summed E-state index contributed by atoms with van der Waals surface area (Å²) in [4.78, 5) is 23.4. The highest BCUT2D eigenvalue weighted by atomic mass is 16.5. The van der Waals surface area contributed by atoms with Crippen molar-refractivity contribution in [1.29, 1.82) is 0 Å². The topological polar surface area (TPSA) is 73.7 Å². The van der Waals surface area contributed by atoms with Gasteiger partial charge in [0.2, 0.25) is 11.8 Å². The van der Waals surface area contributed by atoms with Gasteiger partial charge in [0, 0.05) is 53.0 Å². The van der Waals surface area contributed by atoms with E-state index in [1.54, 1.807) is 12.3 Å². The second-order valence-electron chi connectivity index (χ2n) is 17.6. The Bertz CT molecular complexity index is 3700. The molecule has 12 rings (SSSR count). The molecule has 0 saturated heterocycles. The summed E-state index contributed by atoms with van der Waals surface area (Å²) in [5.41, 5.74) is 20.2. The van der Waals surface area contributed by atoms with Gasteiger partial charge in [-0.05, 0) is 115 Å². The number of ether oxygens (including phenoxy) is 1. The standard InChI is InChI=1S/C67H45N5O/c1-2-15-49(16-3-1)64-25-14-26-65(71-64)73-66-39-42-70-67(72-66)52-37-31-48(32-38-52)58-19-6-9-22-61(58)55-44-53(59-20-7-4-17-56(59)46-27-33-50(34-28-46)62-23-10-12-40-68-62)43-54(45-55)60-21-8-5-18-57(60)47-29-35-51(36-30-47)63-24-11-13-41-69-63/h1-45H. The van der Waals surface area contributed by atoms with Crippen LogP contribution in [-0.2, 0) is 0 Å². The van der Waals surface area contributed by atoms with Gasteiger partial charge in [0.05, 0.1) is 17.1 Å². The minimum absolute atomic E-state index is 0.416. The van der Waals surface area contributed by atoms with Crippen LogP contribution in [0.2, 0.25) is 0 Å². The van der Waals surface area contributed by atoms with Gasteiger partial charge in [-0.25, -0.2) is 9.97 Å². The van der Waals surface area contributed by atoms with E-state index in [1.807, 2.05) is 97.3 Å². The first-order valence-electron chi connectivity index (χ1n) is 24.3. The highest BCUT2D eigenvalue weighted by molar-refractivity contribution is 5.94. The van der Waals surface area contributed by atoms with Crippen molar-refractivity contribution in [3.63, 3.8) is 0 Å². The lowest BCUT2D eigenvalue weighted by atomic mass is 9.86. The van der Waals surface area contributed by atoms with Gasteiger partial charge in [0.1, 0.15) is 0 Å². The first-order valence-corrected chi connectivity index (χ1v) is 24.3. The zero-order valence-electron chi connectivity index (χ0n) is 39.6. The van der Waals surface area contributed by atoms with Crippen LogP contribution < -0.4 is 4.74 Å². The van der Waals surface area contributed by atoms with Crippen LogP contribution in [0.3, 0.4) is 0 Å². The van der Waals surface area contributed by atoms with Gasteiger partial charge in [0.25, 0.3) is 0 Å². The summed E-state index contributed by atoms with van der Waals surface area (Å²) in [7, 11) is 0. The molecule has 6 nitrogen and oxygen atoms in total. The number of rotatable bonds is 12. The van der Waals surface area contributed by atoms with E-state index in [4.69, 9.17) is 14.7 Å². The van der Waals surface area contributed by atoms with E-state index in [1.165, 1.54) is 0 Å². The molecule has 0 spiro atoms. The van der Waals surface area contributed by atoms with E-state index in [9.17, 15) is 0 Å². The third-order valence-electron chi connectivity index (χ3n) is 13.0. The Kier molecular flexibility index (Phi) is 12.3. The number of benzene rings is 8. The van der Waals surface area contributed by atoms with E-state index in [0.717, 1.165) is 106 Å². The van der Waals surface area contributed by atoms with Gasteiger partial charge in [0.15, 0.2) is 5.82 Å². The van der Waals surface area contributed by atoms with E-state index in [2.05, 4.69) is 179 Å². The summed E-state index contributed by atoms with van der Waals surface area (Å²) in [5.74, 6) is 1.44. The van der Waals surface area contributed by atoms with Gasteiger partial charge in [-0.3, -0.25) is 9.97 Å². The molecule has 4 heterocycles. The Labute approximate surface area is 424 Å². The van der Waals surface area contributed by atoms with Gasteiger partial charge in [-0.1, -0.05) is 194 Å². The summed E-state index contributed by atoms with van der Waals surface area (Å²) in [6.07, 6.45) is 5.39. The van der Waals surface area contributed by atoms with E-state index in [0.29, 0.717) is 17.6 Å². The normalized spacial score (nSPS) is 11.0. The molecule has 0 aliphatic carbocycles. The summed E-state index contributed by atoms with van der Waals surface area (Å²) in [6, 6.07) is 88.6. The van der Waals surface area contributed by atoms with E-state index in [-0.39, 0.29) is 0 Å². The van der Waals surface area contributed by atoms with Gasteiger partial charge < -0.3 is 4.74 Å². The molecule has 0 radical (unpaired) electrons. The maximum absolute atomic E-state index is 6.18. The fourth-order valence-corrected chi connectivity index (χ4v) is 9.45. The lowest BCUT2D eigenvalue weighted by molar-refractivity contribution is 0.445. The molecule has 0 atom stereocenters. The second-order valence-corrected chi connectivity index (χ2v) is 17.6. The van der Waals surface area contributed by atoms with Gasteiger partial charge in [-0.15, -0.1) is 0 Å². The first kappa shape index (κ1) is 44.3. The lowest BCUT2D eigenvalue weighted by Gasteiger charge is -2.18. The molecule has 0 aliphatic rings. The lowest BCUT2D eigenvalue weighted by Crippen LogP contribution is -1.95. The maximum Gasteiger partial charge on any atom is 0.224 e. The SMILES string of the molecule is c1ccc(-c2cccc(Oc3ccnc(-c4ccc(-c5ccccc5-c5cc(-c6ccccc6-c6ccc(-c7ccccn7)cc6)cc(-c6ccccc6-c6ccc(-c7ccccn7)cc6)c5)cc4)n3)n2)cc1. The molecule has 73 heavy (non-hydrogen) atoms. The average Bonchev–Trinajstić information content (AvgIpc) is 3.48. The number of hydrogen-bond donors (Lipinski definition) is 0. The predicted molar refractivity (Wildman–Crippen MR) is 296 cm³/mol. The average molecular weight is 936 g/mol. The molecule has 12 aromatic rings. The van der Waals surface area contributed by atoms with Gasteiger partial charge in [-0.2, -0.15) is 4.98 Å². The quantitative estimate of drug-likeness (QED) is 0.121. The molecule has 0 saturated carbocycles. The summed E-state index contributed by atoms with van der Waals surface area (Å²) < 4.78 is 6.18. The first-order chi connectivity index (χ1) is 36.2. The van der Waals surface area contributed by atoms with Crippen molar-refractivity contribution in [1.82, 2.24) is 24.9 Å². The second kappa shape index (κ2) is 20.2. The molecule has 0 N–H and O–H groups in total. The largest absolute Gasteiger partial charge is 0.421 e. The van der Waals surface area contributed by atoms with Crippen molar-refractivity contribution >= 4 is 0 Å². The Morgan fingerprint density at radius 2 is 0.589 bits per heavy atom. The monoisotopic (exact) mass is 935 g/mol. The van der Waals surface area contributed by atoms with Crippen LogP contribution in [0.25, 0.3) is 112 Å². The summed E-state index contributed by atoms with van der Waals surface area (Å²) in [6.45, 7) is 0. The molecular formula is C67H45N5O. The van der Waals surface area contributed by atoms with Crippen molar-refractivity contribution in [3.05, 3.63) is 273 Å². The maximum atomic E-state index is 6.18. The van der Waals surface area contributed by atoms with Crippen LogP contribution in [-0.4, -0.2) is 24.9 Å². The number of pyridine rings is 3. The van der Waals surface area contributed by atoms with Crippen molar-refractivity contribution in [2.75, 3.05) is 0 Å². The zero-order chi connectivity index (χ0) is 48.8. The van der Waals surface area contributed by atoms with Crippen LogP contribution >= 0.6 is 0 Å². The summed E-state index contributed by atoms with van der Waals surface area (Å²) >= 11 is 0. The highest BCUT2D eigenvalue weighted by Crippen LogP contribution is 2.43. The highest BCUT2D eigenvalue weighted by Gasteiger charge is 2.17. The zero-order valence-corrected chi connectivity index (χ0v) is 39.6. The molecule has 6 heteroatoms. The van der Waals surface area contributed by atoms with E-state index < -0.39 is 0 Å². The molecule has 344 valence electrons. The third-order valence-corrected chi connectivity index (χ3v) is 13.0. The molecule has 8 aromatic carbocycles. The van der Waals surface area contributed by atoms with Crippen molar-refractivity contribution < 1.29 is 4.74 Å². The van der Waals surface area contributed by atoms with E-state index >= 15 is 0 Å². The van der Waals surface area contributed by atoms with Gasteiger partial charge >= 0.3 is 0 Å². The van der Waals surface area contributed by atoms with Crippen LogP contribution in [0.15, 0.2) is 273 Å². The Morgan fingerprint density at radius 3 is 1.04 bits per heavy atom. The number of aromatic nitrogens is 5. The van der Waals surface area contributed by atoms with Crippen LogP contribution in [0.4, 0.5) is 0 Å². The molecule has 0 amide bonds. The van der Waals surface area contributed by atoms with Crippen molar-refractivity contribution in [2.45, 2.75) is 0 Å². The van der Waals surface area contributed by atoms with Crippen molar-refractivity contribution in [3.8, 4) is 124 Å². The fraction of sp³-hybridized carbons (Fsp3) is 0. The van der Waals surface area contributed by atoms with Crippen LogP contribution in [0, 0.1) is 0 Å². The fourth-order valence-electron chi connectivity index (χ4n) is 9.45. The molecular weight excluding hydrogens is 891 g/mol. The Balaban J connectivity index is 0.921. The van der Waals surface area contributed by atoms with Crippen molar-refractivity contribution in [2.24, 2.45) is 0 Å². The number of hydrogen-bond acceptors (Lipinski definition) is 6. The third kappa shape index (κ3) is 9.57. The molecule has 0 aliphatic heterocycles. The molecule has 4 aromatic heterocycles. The predicted octanol–water partition coefficient (Wildman–Crippen LogP) is 17.1. The van der Waals surface area contributed by atoms with Crippen LogP contribution in [0.5, 0.6) is 11.8 Å². The minimum atomic E-state index is 0.416. The summed E-state index contributed by atoms with van der Waals surface area (Å²) in [5, 5.41) is 0. The smallest absolute Gasteiger partial charge is 0.224 e. The number of nitrogens with zero attached hydrogens (tertiary/aromatic N) is 5. The Morgan fingerprint density at radius 1 is 0.219 bits per heavy atom. The molecule has 0 fully saturated rings. The molecule has 0 unspecified atom stereocenters. The van der Waals surface area contributed by atoms with Crippen LogP contribution in [0.1, 0.15) is 0 Å².